The molecule has 0 saturated carbocycles. The first-order valence-corrected chi connectivity index (χ1v) is 10.4. The number of carbonyl (C=O) groups excluding carboxylic acids is 1. The van der Waals surface area contributed by atoms with Crippen LogP contribution in [-0.4, -0.2) is 60.9 Å². The number of rotatable bonds is 6. The molecule has 0 aliphatic carbocycles. The summed E-state index contributed by atoms with van der Waals surface area (Å²) in [6.07, 6.45) is 0. The molecule has 0 atom stereocenters. The van der Waals surface area contributed by atoms with Crippen molar-refractivity contribution in [2.75, 3.05) is 44.8 Å². The third kappa shape index (κ3) is 5.06. The minimum Gasteiger partial charge on any atom is -0.497 e. The number of carbonyl (C=O) groups is 1. The standard InChI is InChI=1S/C23H23ClN4O3/c1-30-18-6-4-5-17(15-18)20-9-10-22(26-25-20)27-11-13-28(14-12-27)23(29)16-31-21-8-3-2-7-19(21)24/h2-10,15H,11-14,16H2,1H3. The van der Waals surface area contributed by atoms with Crippen molar-refractivity contribution in [3.63, 3.8) is 0 Å². The average molecular weight is 439 g/mol. The van der Waals surface area contributed by atoms with Crippen molar-refractivity contribution in [3.8, 4) is 22.8 Å². The molecule has 1 aliphatic heterocycles. The summed E-state index contributed by atoms with van der Waals surface area (Å²) < 4.78 is 10.8. The van der Waals surface area contributed by atoms with Gasteiger partial charge in [0.05, 0.1) is 17.8 Å². The molecule has 1 saturated heterocycles. The first-order valence-electron chi connectivity index (χ1n) is 10.0. The summed E-state index contributed by atoms with van der Waals surface area (Å²) in [5, 5.41) is 9.24. The minimum atomic E-state index is -0.0565. The minimum absolute atomic E-state index is 0.0290. The van der Waals surface area contributed by atoms with Crippen LogP contribution in [0.4, 0.5) is 5.82 Å². The van der Waals surface area contributed by atoms with Gasteiger partial charge in [-0.1, -0.05) is 35.9 Å². The fraction of sp³-hybridized carbons (Fsp3) is 0.261. The zero-order chi connectivity index (χ0) is 21.6. The summed E-state index contributed by atoms with van der Waals surface area (Å²) in [6, 6.07) is 18.8. The predicted octanol–water partition coefficient (Wildman–Crippen LogP) is 3.53. The Hall–Kier alpha value is -3.32. The van der Waals surface area contributed by atoms with Crippen LogP contribution in [0.1, 0.15) is 0 Å². The van der Waals surface area contributed by atoms with E-state index < -0.39 is 0 Å². The van der Waals surface area contributed by atoms with E-state index in [9.17, 15) is 4.79 Å². The van der Waals surface area contributed by atoms with Gasteiger partial charge in [0, 0.05) is 31.7 Å². The second-order valence-corrected chi connectivity index (χ2v) is 7.50. The molecule has 1 aromatic heterocycles. The molecule has 2 heterocycles. The van der Waals surface area contributed by atoms with Gasteiger partial charge in [-0.2, -0.15) is 0 Å². The van der Waals surface area contributed by atoms with Crippen LogP contribution in [0.15, 0.2) is 60.7 Å². The van der Waals surface area contributed by atoms with Crippen LogP contribution in [0.2, 0.25) is 5.02 Å². The molecular weight excluding hydrogens is 416 g/mol. The molecule has 1 amide bonds. The average Bonchev–Trinajstić information content (AvgIpc) is 2.83. The summed E-state index contributed by atoms with van der Waals surface area (Å²) in [5.74, 6) is 2.04. The molecule has 0 radical (unpaired) electrons. The molecule has 1 fully saturated rings. The topological polar surface area (TPSA) is 67.8 Å². The van der Waals surface area contributed by atoms with E-state index in [1.807, 2.05) is 48.5 Å². The number of ether oxygens (including phenoxy) is 2. The highest BCUT2D eigenvalue weighted by atomic mass is 35.5. The van der Waals surface area contributed by atoms with Gasteiger partial charge in [-0.15, -0.1) is 10.2 Å². The number of benzene rings is 2. The van der Waals surface area contributed by atoms with Gasteiger partial charge < -0.3 is 19.3 Å². The Labute approximate surface area is 186 Å². The summed E-state index contributed by atoms with van der Waals surface area (Å²) in [6.45, 7) is 2.54. The number of anilines is 1. The number of hydrogen-bond acceptors (Lipinski definition) is 6. The van der Waals surface area contributed by atoms with Crippen molar-refractivity contribution in [2.45, 2.75) is 0 Å². The fourth-order valence-electron chi connectivity index (χ4n) is 3.41. The number of aromatic nitrogens is 2. The van der Waals surface area contributed by atoms with Gasteiger partial charge in [0.2, 0.25) is 0 Å². The van der Waals surface area contributed by atoms with Gasteiger partial charge in [-0.25, -0.2) is 0 Å². The van der Waals surface area contributed by atoms with Crippen LogP contribution in [0.5, 0.6) is 11.5 Å². The van der Waals surface area contributed by atoms with Crippen LogP contribution in [0.3, 0.4) is 0 Å². The Morgan fingerprint density at radius 1 is 1.00 bits per heavy atom. The largest absolute Gasteiger partial charge is 0.497 e. The van der Waals surface area contributed by atoms with Gasteiger partial charge in [0.25, 0.3) is 5.91 Å². The zero-order valence-electron chi connectivity index (χ0n) is 17.2. The van der Waals surface area contributed by atoms with E-state index in [1.54, 1.807) is 24.1 Å². The van der Waals surface area contributed by atoms with Crippen LogP contribution in [0.25, 0.3) is 11.3 Å². The lowest BCUT2D eigenvalue weighted by Gasteiger charge is -2.35. The number of para-hydroxylation sites is 1. The van der Waals surface area contributed by atoms with Gasteiger partial charge in [-0.3, -0.25) is 4.79 Å². The van der Waals surface area contributed by atoms with E-state index in [1.165, 1.54) is 0 Å². The van der Waals surface area contributed by atoms with Crippen molar-refractivity contribution < 1.29 is 14.3 Å². The highest BCUT2D eigenvalue weighted by molar-refractivity contribution is 6.32. The van der Waals surface area contributed by atoms with Crippen molar-refractivity contribution in [1.29, 1.82) is 0 Å². The van der Waals surface area contributed by atoms with Gasteiger partial charge >= 0.3 is 0 Å². The number of amides is 1. The van der Waals surface area contributed by atoms with E-state index >= 15 is 0 Å². The van der Waals surface area contributed by atoms with Crippen molar-refractivity contribution >= 4 is 23.3 Å². The zero-order valence-corrected chi connectivity index (χ0v) is 18.0. The van der Waals surface area contributed by atoms with Gasteiger partial charge in [-0.05, 0) is 36.4 Å². The molecule has 1 aliphatic rings. The van der Waals surface area contributed by atoms with Crippen LogP contribution in [0, 0.1) is 0 Å². The molecule has 31 heavy (non-hydrogen) atoms. The van der Waals surface area contributed by atoms with Gasteiger partial charge in [0.15, 0.2) is 12.4 Å². The van der Waals surface area contributed by atoms with Crippen LogP contribution >= 0.6 is 11.6 Å². The molecule has 2 aromatic carbocycles. The van der Waals surface area contributed by atoms with Crippen LogP contribution < -0.4 is 14.4 Å². The molecule has 0 N–H and O–H groups in total. The Morgan fingerprint density at radius 2 is 1.81 bits per heavy atom. The third-order valence-corrected chi connectivity index (χ3v) is 5.47. The Bertz CT molecular complexity index is 1040. The summed E-state index contributed by atoms with van der Waals surface area (Å²) >= 11 is 6.07. The van der Waals surface area contributed by atoms with Gasteiger partial charge in [0.1, 0.15) is 11.5 Å². The third-order valence-electron chi connectivity index (χ3n) is 5.16. The number of halogens is 1. The molecule has 4 rings (SSSR count). The lowest BCUT2D eigenvalue weighted by Crippen LogP contribution is -2.50. The summed E-state index contributed by atoms with van der Waals surface area (Å²) in [7, 11) is 1.64. The second kappa shape index (κ2) is 9.66. The molecule has 0 spiro atoms. The normalized spacial score (nSPS) is 13.7. The Morgan fingerprint density at radius 3 is 2.52 bits per heavy atom. The quantitative estimate of drug-likeness (QED) is 0.586. The number of hydrogen-bond donors (Lipinski definition) is 0. The maximum Gasteiger partial charge on any atom is 0.260 e. The van der Waals surface area contributed by atoms with Crippen molar-refractivity contribution in [3.05, 3.63) is 65.7 Å². The first-order chi connectivity index (χ1) is 15.1. The second-order valence-electron chi connectivity index (χ2n) is 7.10. The molecule has 0 unspecified atom stereocenters. The molecule has 160 valence electrons. The van der Waals surface area contributed by atoms with Crippen molar-refractivity contribution in [1.82, 2.24) is 15.1 Å². The first kappa shape index (κ1) is 20.9. The summed E-state index contributed by atoms with van der Waals surface area (Å²) in [4.78, 5) is 16.4. The van der Waals surface area contributed by atoms with Crippen LogP contribution in [-0.2, 0) is 4.79 Å². The SMILES string of the molecule is COc1cccc(-c2ccc(N3CCN(C(=O)COc4ccccc4Cl)CC3)nn2)c1. The Balaban J connectivity index is 1.31. The maximum absolute atomic E-state index is 12.5. The highest BCUT2D eigenvalue weighted by Crippen LogP contribution is 2.24. The van der Waals surface area contributed by atoms with E-state index in [4.69, 9.17) is 21.1 Å². The highest BCUT2D eigenvalue weighted by Gasteiger charge is 2.22. The van der Waals surface area contributed by atoms with Crippen molar-refractivity contribution in [2.24, 2.45) is 0 Å². The molecule has 8 heteroatoms. The predicted molar refractivity (Wildman–Crippen MR) is 120 cm³/mol. The Kier molecular flexibility index (Phi) is 6.52. The molecule has 7 nitrogen and oxygen atoms in total. The van der Waals surface area contributed by atoms with E-state index in [2.05, 4.69) is 15.1 Å². The smallest absolute Gasteiger partial charge is 0.260 e. The summed E-state index contributed by atoms with van der Waals surface area (Å²) in [5.41, 5.74) is 1.74. The van der Waals surface area contributed by atoms with E-state index in [-0.39, 0.29) is 12.5 Å². The lowest BCUT2D eigenvalue weighted by molar-refractivity contribution is -0.133. The maximum atomic E-state index is 12.5. The fourth-order valence-corrected chi connectivity index (χ4v) is 3.60. The molecule has 0 bridgehead atoms. The number of nitrogens with zero attached hydrogens (tertiary/aromatic N) is 4. The van der Waals surface area contributed by atoms with E-state index in [0.717, 1.165) is 22.8 Å². The van der Waals surface area contributed by atoms with E-state index in [0.29, 0.717) is 37.0 Å². The monoisotopic (exact) mass is 438 g/mol. The number of methoxy groups -OCH3 is 1. The molecule has 3 aromatic rings. The number of piperazine rings is 1. The molecular formula is C23H23ClN4O3. The lowest BCUT2D eigenvalue weighted by atomic mass is 10.1.